The number of halogens is 1. The smallest absolute Gasteiger partial charge is 0.251 e. The van der Waals surface area contributed by atoms with Crippen LogP contribution in [0.15, 0.2) is 53.2 Å². The van der Waals surface area contributed by atoms with Gasteiger partial charge in [0.2, 0.25) is 11.7 Å². The molecule has 0 saturated carbocycles. The van der Waals surface area contributed by atoms with Crippen LogP contribution >= 0.6 is 34.3 Å². The van der Waals surface area contributed by atoms with E-state index in [0.29, 0.717) is 40.2 Å². The summed E-state index contributed by atoms with van der Waals surface area (Å²) in [4.78, 5) is 34.5. The molecule has 0 fully saturated rings. The van der Waals surface area contributed by atoms with Crippen molar-refractivity contribution in [2.75, 3.05) is 18.4 Å². The molecule has 0 aliphatic rings. The molecule has 0 unspecified atom stereocenters. The number of thiophene rings is 2. The molecule has 0 aliphatic carbocycles. The number of amides is 1. The molecule has 6 nitrogen and oxygen atoms in total. The number of anilines is 1. The third-order valence-corrected chi connectivity index (χ3v) is 6.09. The third-order valence-electron chi connectivity index (χ3n) is 4.06. The summed E-state index contributed by atoms with van der Waals surface area (Å²) in [5.74, 6) is 0.0525. The Labute approximate surface area is 179 Å². The number of nitrogens with zero attached hydrogens (tertiary/aromatic N) is 2. The van der Waals surface area contributed by atoms with Crippen LogP contribution in [-0.4, -0.2) is 34.7 Å². The number of benzene rings is 1. The molecule has 29 heavy (non-hydrogen) atoms. The number of carbonyl (C=O) groups excluding carboxylic acids is 2. The summed E-state index contributed by atoms with van der Waals surface area (Å²) in [5, 5.41) is 10.2. The summed E-state index contributed by atoms with van der Waals surface area (Å²) in [7, 11) is 0. The monoisotopic (exact) mass is 442 g/mol. The van der Waals surface area contributed by atoms with Gasteiger partial charge in [-0.2, -0.15) is 0 Å². The lowest BCUT2D eigenvalue weighted by molar-refractivity contribution is 0.0954. The van der Waals surface area contributed by atoms with E-state index >= 15 is 0 Å². The Morgan fingerprint density at radius 3 is 2.55 bits per heavy atom. The van der Waals surface area contributed by atoms with E-state index in [9.17, 15) is 9.59 Å². The standard InChI is InChI=1S/C20H15ClN4O2S2/c21-13-5-3-12(4-6-13)19(27)22-8-9-23-20-24-14-7-11-29-18(14)16(25-20)17(26)15-2-1-10-28-15/h1-7,10-11H,8-9H2,(H,22,27)(H,23,24,25). The van der Waals surface area contributed by atoms with Gasteiger partial charge in [-0.05, 0) is 47.2 Å². The summed E-state index contributed by atoms with van der Waals surface area (Å²) >= 11 is 8.66. The van der Waals surface area contributed by atoms with Crippen molar-refractivity contribution >= 4 is 62.1 Å². The van der Waals surface area contributed by atoms with Gasteiger partial charge < -0.3 is 10.6 Å². The number of carbonyl (C=O) groups is 2. The largest absolute Gasteiger partial charge is 0.352 e. The second kappa shape index (κ2) is 8.69. The van der Waals surface area contributed by atoms with Crippen molar-refractivity contribution in [2.45, 2.75) is 0 Å². The summed E-state index contributed by atoms with van der Waals surface area (Å²) in [6, 6.07) is 12.2. The van der Waals surface area contributed by atoms with Crippen molar-refractivity contribution in [1.29, 1.82) is 0 Å². The van der Waals surface area contributed by atoms with Crippen LogP contribution in [0, 0.1) is 0 Å². The number of nitrogens with one attached hydrogen (secondary N) is 2. The topological polar surface area (TPSA) is 84.0 Å². The van der Waals surface area contributed by atoms with E-state index in [-0.39, 0.29) is 11.7 Å². The molecule has 2 N–H and O–H groups in total. The highest BCUT2D eigenvalue weighted by Crippen LogP contribution is 2.26. The number of rotatable bonds is 7. The summed E-state index contributed by atoms with van der Waals surface area (Å²) in [6.45, 7) is 0.794. The molecule has 0 bridgehead atoms. The van der Waals surface area contributed by atoms with Crippen LogP contribution < -0.4 is 10.6 Å². The Hall–Kier alpha value is -2.81. The van der Waals surface area contributed by atoms with Crippen molar-refractivity contribution in [3.63, 3.8) is 0 Å². The van der Waals surface area contributed by atoms with Gasteiger partial charge in [0.25, 0.3) is 5.91 Å². The zero-order valence-electron chi connectivity index (χ0n) is 15.0. The Kier molecular flexibility index (Phi) is 5.84. The van der Waals surface area contributed by atoms with Crippen LogP contribution in [0.2, 0.25) is 5.02 Å². The average molecular weight is 443 g/mol. The van der Waals surface area contributed by atoms with E-state index in [1.54, 1.807) is 30.3 Å². The van der Waals surface area contributed by atoms with Gasteiger partial charge >= 0.3 is 0 Å². The molecule has 0 saturated heterocycles. The average Bonchev–Trinajstić information content (AvgIpc) is 3.42. The number of ketones is 1. The molecule has 1 aromatic carbocycles. The van der Waals surface area contributed by atoms with Gasteiger partial charge in [-0.25, -0.2) is 9.97 Å². The van der Waals surface area contributed by atoms with Gasteiger partial charge in [-0.3, -0.25) is 9.59 Å². The van der Waals surface area contributed by atoms with Crippen molar-refractivity contribution in [3.8, 4) is 0 Å². The highest BCUT2D eigenvalue weighted by atomic mass is 35.5. The van der Waals surface area contributed by atoms with E-state index < -0.39 is 0 Å². The van der Waals surface area contributed by atoms with E-state index in [1.165, 1.54) is 22.7 Å². The Morgan fingerprint density at radius 2 is 1.79 bits per heavy atom. The zero-order chi connectivity index (χ0) is 20.2. The second-order valence-corrected chi connectivity index (χ2v) is 8.33. The molecule has 9 heteroatoms. The SMILES string of the molecule is O=C(NCCNc1nc(C(=O)c2cccs2)c2sccc2n1)c1ccc(Cl)cc1. The van der Waals surface area contributed by atoms with E-state index in [1.807, 2.05) is 22.9 Å². The molecule has 0 aliphatic heterocycles. The van der Waals surface area contributed by atoms with Crippen LogP contribution in [0.4, 0.5) is 5.95 Å². The Bertz CT molecular complexity index is 1160. The first kappa shape index (κ1) is 19.5. The van der Waals surface area contributed by atoms with Crippen molar-refractivity contribution < 1.29 is 9.59 Å². The molecule has 146 valence electrons. The predicted octanol–water partition coefficient (Wildman–Crippen LogP) is 4.48. The first-order valence-corrected chi connectivity index (χ1v) is 10.9. The minimum absolute atomic E-state index is 0.117. The number of fused-ring (bicyclic) bond motifs is 1. The lowest BCUT2D eigenvalue weighted by atomic mass is 10.2. The Morgan fingerprint density at radius 1 is 0.966 bits per heavy atom. The third kappa shape index (κ3) is 4.45. The van der Waals surface area contributed by atoms with E-state index in [2.05, 4.69) is 20.6 Å². The quantitative estimate of drug-likeness (QED) is 0.325. The fraction of sp³-hybridized carbons (Fsp3) is 0.100. The Balaban J connectivity index is 1.42. The second-order valence-electron chi connectivity index (χ2n) is 6.03. The van der Waals surface area contributed by atoms with Gasteiger partial charge in [-0.1, -0.05) is 17.7 Å². The summed E-state index contributed by atoms with van der Waals surface area (Å²) < 4.78 is 0.769. The summed E-state index contributed by atoms with van der Waals surface area (Å²) in [5.41, 5.74) is 1.65. The van der Waals surface area contributed by atoms with E-state index in [4.69, 9.17) is 11.6 Å². The minimum atomic E-state index is -0.189. The van der Waals surface area contributed by atoms with Crippen LogP contribution in [0.25, 0.3) is 10.2 Å². The van der Waals surface area contributed by atoms with Crippen LogP contribution in [0.5, 0.6) is 0 Å². The lowest BCUT2D eigenvalue weighted by Gasteiger charge is -2.09. The fourth-order valence-corrected chi connectivity index (χ4v) is 4.28. The first-order valence-electron chi connectivity index (χ1n) is 8.73. The molecular formula is C20H15ClN4O2S2. The molecule has 0 radical (unpaired) electrons. The maximum Gasteiger partial charge on any atom is 0.251 e. The van der Waals surface area contributed by atoms with Crippen molar-refractivity contribution in [3.05, 3.63) is 74.4 Å². The van der Waals surface area contributed by atoms with Crippen molar-refractivity contribution in [2.24, 2.45) is 0 Å². The maximum absolute atomic E-state index is 12.8. The fourth-order valence-electron chi connectivity index (χ4n) is 2.67. The predicted molar refractivity (Wildman–Crippen MR) is 117 cm³/mol. The molecule has 3 heterocycles. The van der Waals surface area contributed by atoms with E-state index in [0.717, 1.165) is 10.2 Å². The molecule has 0 spiro atoms. The number of aromatic nitrogens is 2. The zero-order valence-corrected chi connectivity index (χ0v) is 17.4. The number of hydrogen-bond acceptors (Lipinski definition) is 7. The first-order chi connectivity index (χ1) is 14.1. The number of hydrogen-bond donors (Lipinski definition) is 2. The molecule has 0 atom stereocenters. The molecule has 3 aromatic heterocycles. The molecule has 1 amide bonds. The molecule has 4 rings (SSSR count). The van der Waals surface area contributed by atoms with Crippen LogP contribution in [0.3, 0.4) is 0 Å². The van der Waals surface area contributed by atoms with Crippen molar-refractivity contribution in [1.82, 2.24) is 15.3 Å². The van der Waals surface area contributed by atoms with Gasteiger partial charge in [0.05, 0.1) is 15.1 Å². The van der Waals surface area contributed by atoms with Gasteiger partial charge in [-0.15, -0.1) is 22.7 Å². The maximum atomic E-state index is 12.8. The minimum Gasteiger partial charge on any atom is -0.352 e. The van der Waals surface area contributed by atoms with Gasteiger partial charge in [0.15, 0.2) is 0 Å². The van der Waals surface area contributed by atoms with Gasteiger partial charge in [0, 0.05) is 23.7 Å². The highest BCUT2D eigenvalue weighted by Gasteiger charge is 2.18. The highest BCUT2D eigenvalue weighted by molar-refractivity contribution is 7.17. The molecular weight excluding hydrogens is 428 g/mol. The van der Waals surface area contributed by atoms with Crippen LogP contribution in [-0.2, 0) is 0 Å². The summed E-state index contributed by atoms with van der Waals surface area (Å²) in [6.07, 6.45) is 0. The lowest BCUT2D eigenvalue weighted by Crippen LogP contribution is -2.29. The van der Waals surface area contributed by atoms with Gasteiger partial charge in [0.1, 0.15) is 5.69 Å². The molecule has 4 aromatic rings. The normalized spacial score (nSPS) is 10.8. The van der Waals surface area contributed by atoms with Crippen LogP contribution in [0.1, 0.15) is 25.7 Å².